The lowest BCUT2D eigenvalue weighted by molar-refractivity contribution is 0.385. The minimum Gasteiger partial charge on any atom is -0.399 e. The summed E-state index contributed by atoms with van der Waals surface area (Å²) in [4.78, 5) is 0.0104. The van der Waals surface area contributed by atoms with Gasteiger partial charge in [0.2, 0.25) is 10.0 Å². The molecule has 0 radical (unpaired) electrons. The summed E-state index contributed by atoms with van der Waals surface area (Å²) >= 11 is 1.60. The molecule has 0 bridgehead atoms. The van der Waals surface area contributed by atoms with Crippen LogP contribution in [0.5, 0.6) is 0 Å². The lowest BCUT2D eigenvalue weighted by Gasteiger charge is -2.26. The second-order valence-electron chi connectivity index (χ2n) is 4.41. The number of anilines is 1. The van der Waals surface area contributed by atoms with Crippen LogP contribution >= 0.6 is 11.8 Å². The maximum Gasteiger partial charge on any atom is 0.244 e. The first-order chi connectivity index (χ1) is 9.38. The molecule has 110 valence electrons. The van der Waals surface area contributed by atoms with Gasteiger partial charge in [0, 0.05) is 24.5 Å². The van der Waals surface area contributed by atoms with Gasteiger partial charge >= 0.3 is 0 Å². The Labute approximate surface area is 124 Å². The molecule has 0 saturated heterocycles. The number of benzene rings is 1. The Morgan fingerprint density at radius 3 is 2.65 bits per heavy atom. The minimum absolute atomic E-state index is 0.0104. The van der Waals surface area contributed by atoms with Crippen LogP contribution in [-0.4, -0.2) is 37.8 Å². The summed E-state index contributed by atoms with van der Waals surface area (Å²) in [5, 5.41) is 9.09. The Balaban J connectivity index is 3.26. The second kappa shape index (κ2) is 6.97. The van der Waals surface area contributed by atoms with Crippen molar-refractivity contribution in [3.63, 3.8) is 0 Å². The van der Waals surface area contributed by atoms with Crippen molar-refractivity contribution < 1.29 is 8.42 Å². The van der Waals surface area contributed by atoms with Crippen LogP contribution in [0.15, 0.2) is 23.1 Å². The molecule has 1 rings (SSSR count). The number of nitrogen functional groups attached to an aromatic ring is 1. The van der Waals surface area contributed by atoms with E-state index in [0.29, 0.717) is 17.9 Å². The molecule has 0 amide bonds. The average Bonchev–Trinajstić information content (AvgIpc) is 2.43. The van der Waals surface area contributed by atoms with Crippen LogP contribution in [-0.2, 0) is 10.0 Å². The number of rotatable bonds is 6. The maximum absolute atomic E-state index is 12.6. The van der Waals surface area contributed by atoms with Gasteiger partial charge in [-0.1, -0.05) is 6.92 Å². The van der Waals surface area contributed by atoms with Crippen LogP contribution in [0.2, 0.25) is 0 Å². The van der Waals surface area contributed by atoms with Crippen molar-refractivity contribution in [2.75, 3.05) is 24.8 Å². The zero-order chi connectivity index (χ0) is 15.3. The largest absolute Gasteiger partial charge is 0.399 e. The van der Waals surface area contributed by atoms with E-state index in [2.05, 4.69) is 0 Å². The average molecular weight is 313 g/mol. The van der Waals surface area contributed by atoms with Crippen molar-refractivity contribution in [2.45, 2.75) is 24.3 Å². The van der Waals surface area contributed by atoms with Crippen LogP contribution in [0.3, 0.4) is 0 Å². The molecule has 1 atom stereocenters. The van der Waals surface area contributed by atoms with Crippen LogP contribution in [0.4, 0.5) is 5.69 Å². The number of thioether (sulfide) groups is 1. The third-order valence-corrected chi connectivity index (χ3v) is 5.81. The van der Waals surface area contributed by atoms with Gasteiger partial charge in [-0.05, 0) is 30.9 Å². The van der Waals surface area contributed by atoms with E-state index in [0.717, 1.165) is 0 Å². The molecular formula is C13H19N3O2S2. The fraction of sp³-hybridized carbons (Fsp3) is 0.462. The van der Waals surface area contributed by atoms with Gasteiger partial charge in [-0.25, -0.2) is 8.42 Å². The highest BCUT2D eigenvalue weighted by molar-refractivity contribution is 7.98. The number of nitriles is 1. The van der Waals surface area contributed by atoms with Crippen molar-refractivity contribution in [2.24, 2.45) is 0 Å². The SMILES string of the molecule is CCC(CSC)N(C)S(=O)(=O)c1ccc(N)cc1C#N. The summed E-state index contributed by atoms with van der Waals surface area (Å²) in [5.74, 6) is 0.711. The summed E-state index contributed by atoms with van der Waals surface area (Å²) in [6.07, 6.45) is 2.65. The van der Waals surface area contributed by atoms with Crippen LogP contribution in [0.1, 0.15) is 18.9 Å². The quantitative estimate of drug-likeness (QED) is 0.811. The molecule has 0 aromatic heterocycles. The van der Waals surface area contributed by atoms with E-state index in [9.17, 15) is 8.42 Å². The molecule has 1 aromatic rings. The number of hydrogen-bond donors (Lipinski definition) is 1. The van der Waals surface area contributed by atoms with Gasteiger partial charge in [0.15, 0.2) is 0 Å². The smallest absolute Gasteiger partial charge is 0.244 e. The van der Waals surface area contributed by atoms with Crippen molar-refractivity contribution >= 4 is 27.5 Å². The Morgan fingerprint density at radius 2 is 2.15 bits per heavy atom. The van der Waals surface area contributed by atoms with Gasteiger partial charge in [-0.2, -0.15) is 21.3 Å². The van der Waals surface area contributed by atoms with Crippen molar-refractivity contribution in [1.29, 1.82) is 5.26 Å². The fourth-order valence-corrected chi connectivity index (χ4v) is 4.37. The Bertz CT molecular complexity index is 609. The molecule has 7 heteroatoms. The summed E-state index contributed by atoms with van der Waals surface area (Å²) in [5.41, 5.74) is 6.05. The van der Waals surface area contributed by atoms with Crippen LogP contribution in [0.25, 0.3) is 0 Å². The van der Waals surface area contributed by atoms with E-state index >= 15 is 0 Å². The standard InChI is InChI=1S/C13H19N3O2S2/c1-4-12(9-19-3)16(2)20(17,18)13-6-5-11(15)7-10(13)8-14/h5-7,12H,4,9,15H2,1-3H3. The highest BCUT2D eigenvalue weighted by Gasteiger charge is 2.28. The molecular weight excluding hydrogens is 294 g/mol. The van der Waals surface area contributed by atoms with Crippen molar-refractivity contribution in [1.82, 2.24) is 4.31 Å². The van der Waals surface area contributed by atoms with Gasteiger partial charge in [0.1, 0.15) is 11.0 Å². The summed E-state index contributed by atoms with van der Waals surface area (Å²) in [6, 6.07) is 6.07. The summed E-state index contributed by atoms with van der Waals surface area (Å²) in [6.45, 7) is 1.95. The molecule has 0 saturated carbocycles. The van der Waals surface area contributed by atoms with E-state index < -0.39 is 10.0 Å². The topological polar surface area (TPSA) is 87.2 Å². The third kappa shape index (κ3) is 3.45. The molecule has 0 spiro atoms. The van der Waals surface area contributed by atoms with E-state index in [1.54, 1.807) is 18.8 Å². The third-order valence-electron chi connectivity index (χ3n) is 3.13. The number of nitrogens with two attached hydrogens (primary N) is 1. The summed E-state index contributed by atoms with van der Waals surface area (Å²) < 4.78 is 26.6. The predicted molar refractivity (Wildman–Crippen MR) is 83.0 cm³/mol. The number of hydrogen-bond acceptors (Lipinski definition) is 5. The van der Waals surface area contributed by atoms with Gasteiger partial charge in [0.25, 0.3) is 0 Å². The molecule has 0 aliphatic rings. The van der Waals surface area contributed by atoms with E-state index in [4.69, 9.17) is 11.0 Å². The monoisotopic (exact) mass is 313 g/mol. The molecule has 0 aliphatic heterocycles. The van der Waals surface area contributed by atoms with Crippen LogP contribution < -0.4 is 5.73 Å². The van der Waals surface area contributed by atoms with Gasteiger partial charge in [-0.15, -0.1) is 0 Å². The van der Waals surface area contributed by atoms with Gasteiger partial charge < -0.3 is 5.73 Å². The zero-order valence-corrected chi connectivity index (χ0v) is 13.5. The lowest BCUT2D eigenvalue weighted by atomic mass is 10.2. The van der Waals surface area contributed by atoms with Crippen LogP contribution in [0, 0.1) is 11.3 Å². The predicted octanol–water partition coefficient (Wildman–Crippen LogP) is 1.90. The molecule has 5 nitrogen and oxygen atoms in total. The maximum atomic E-state index is 12.6. The van der Waals surface area contributed by atoms with E-state index in [1.807, 2.05) is 19.2 Å². The van der Waals surface area contributed by atoms with E-state index in [-0.39, 0.29) is 16.5 Å². The molecule has 0 fully saturated rings. The second-order valence-corrected chi connectivity index (χ2v) is 7.28. The zero-order valence-electron chi connectivity index (χ0n) is 11.8. The molecule has 0 aliphatic carbocycles. The first-order valence-corrected chi connectivity index (χ1v) is 8.98. The fourth-order valence-electron chi connectivity index (χ4n) is 1.88. The molecule has 2 N–H and O–H groups in total. The highest BCUT2D eigenvalue weighted by atomic mass is 32.2. The first kappa shape index (κ1) is 16.8. The lowest BCUT2D eigenvalue weighted by Crippen LogP contribution is -2.38. The van der Waals surface area contributed by atoms with Crippen molar-refractivity contribution in [3.05, 3.63) is 23.8 Å². The molecule has 0 heterocycles. The Hall–Kier alpha value is -1.23. The Kier molecular flexibility index (Phi) is 5.87. The summed E-state index contributed by atoms with van der Waals surface area (Å²) in [7, 11) is -2.14. The van der Waals surface area contributed by atoms with Gasteiger partial charge in [0.05, 0.1) is 5.56 Å². The highest BCUT2D eigenvalue weighted by Crippen LogP contribution is 2.24. The normalized spacial score (nSPS) is 13.2. The van der Waals surface area contributed by atoms with Gasteiger partial charge in [-0.3, -0.25) is 0 Å². The number of nitrogens with zero attached hydrogens (tertiary/aromatic N) is 2. The Morgan fingerprint density at radius 1 is 1.50 bits per heavy atom. The van der Waals surface area contributed by atoms with Crippen molar-refractivity contribution in [3.8, 4) is 6.07 Å². The first-order valence-electron chi connectivity index (χ1n) is 6.15. The molecule has 20 heavy (non-hydrogen) atoms. The minimum atomic E-state index is -3.69. The molecule has 1 aromatic carbocycles. The number of sulfonamides is 1. The van der Waals surface area contributed by atoms with E-state index in [1.165, 1.54) is 22.5 Å². The molecule has 1 unspecified atom stereocenters.